The van der Waals surface area contributed by atoms with Gasteiger partial charge < -0.3 is 19.5 Å². The number of hydrogen-bond donors (Lipinski definition) is 1. The van der Waals surface area contributed by atoms with Crippen molar-refractivity contribution in [3.63, 3.8) is 0 Å². The van der Waals surface area contributed by atoms with Gasteiger partial charge in [0.15, 0.2) is 12.4 Å². The summed E-state index contributed by atoms with van der Waals surface area (Å²) in [5.41, 5.74) is 0.461. The second kappa shape index (κ2) is 8.72. The quantitative estimate of drug-likeness (QED) is 0.502. The van der Waals surface area contributed by atoms with E-state index >= 15 is 0 Å². The fourth-order valence-electron chi connectivity index (χ4n) is 1.91. The zero-order valence-corrected chi connectivity index (χ0v) is 16.2. The highest BCUT2D eigenvalue weighted by atomic mass is 35.5. The third-order valence-electron chi connectivity index (χ3n) is 3.10. The van der Waals surface area contributed by atoms with Gasteiger partial charge in [0.25, 0.3) is 5.91 Å². The van der Waals surface area contributed by atoms with E-state index in [0.29, 0.717) is 17.2 Å². The highest BCUT2D eigenvalue weighted by Crippen LogP contribution is 2.42. The lowest BCUT2D eigenvalue weighted by Gasteiger charge is -2.14. The molecule has 2 rings (SSSR count). The van der Waals surface area contributed by atoms with Crippen molar-refractivity contribution < 1.29 is 19.0 Å². The predicted molar refractivity (Wildman–Crippen MR) is 100 cm³/mol. The number of carbonyl (C=O) groups is 1. The highest BCUT2D eigenvalue weighted by molar-refractivity contribution is 6.50. The van der Waals surface area contributed by atoms with E-state index in [1.165, 1.54) is 20.3 Å². The van der Waals surface area contributed by atoms with E-state index in [1.807, 2.05) is 0 Å². The molecule has 0 radical (unpaired) electrons. The number of nitrogens with one attached hydrogen (secondary N) is 1. The number of anilines is 1. The number of ether oxygens (including phenoxy) is 3. The fraction of sp³-hybridized carbons (Fsp3) is 0.188. The second-order valence-electron chi connectivity index (χ2n) is 4.70. The van der Waals surface area contributed by atoms with Gasteiger partial charge in [0.2, 0.25) is 0 Å². The Hall–Kier alpha value is -1.53. The van der Waals surface area contributed by atoms with Crippen LogP contribution < -0.4 is 19.5 Å². The third kappa shape index (κ3) is 4.76. The van der Waals surface area contributed by atoms with Crippen LogP contribution in [0, 0.1) is 0 Å². The Morgan fingerprint density at radius 2 is 1.72 bits per heavy atom. The number of carbonyl (C=O) groups excluding carboxylic acids is 1. The van der Waals surface area contributed by atoms with E-state index < -0.39 is 5.91 Å². The summed E-state index contributed by atoms with van der Waals surface area (Å²) in [6.45, 7) is -0.341. The molecule has 2 aromatic rings. The number of benzene rings is 2. The molecule has 0 unspecified atom stereocenters. The summed E-state index contributed by atoms with van der Waals surface area (Å²) in [5.74, 6) is 0.676. The molecule has 0 spiro atoms. The van der Waals surface area contributed by atoms with Gasteiger partial charge in [0.1, 0.15) is 16.5 Å². The second-order valence-corrected chi connectivity index (χ2v) is 6.27. The molecular formula is C16H13Cl4NO4. The minimum absolute atomic E-state index is 0.0361. The molecule has 0 aliphatic heterocycles. The first-order valence-corrected chi connectivity index (χ1v) is 8.36. The Kier molecular flexibility index (Phi) is 6.90. The van der Waals surface area contributed by atoms with Crippen LogP contribution in [0.5, 0.6) is 17.2 Å². The first-order valence-electron chi connectivity index (χ1n) is 6.85. The van der Waals surface area contributed by atoms with Gasteiger partial charge in [-0.15, -0.1) is 0 Å². The maximum Gasteiger partial charge on any atom is 0.262 e. The third-order valence-corrected chi connectivity index (χ3v) is 4.63. The van der Waals surface area contributed by atoms with Gasteiger partial charge in [-0.1, -0.05) is 46.4 Å². The fourth-order valence-corrected chi connectivity index (χ4v) is 2.92. The Morgan fingerprint density at radius 1 is 1.00 bits per heavy atom. The molecule has 134 valence electrons. The molecule has 0 heterocycles. The number of amides is 1. The average molecular weight is 425 g/mol. The van der Waals surface area contributed by atoms with E-state index in [-0.39, 0.29) is 32.4 Å². The maximum atomic E-state index is 12.1. The zero-order chi connectivity index (χ0) is 18.6. The molecule has 0 fully saturated rings. The molecule has 5 nitrogen and oxygen atoms in total. The van der Waals surface area contributed by atoms with Crippen molar-refractivity contribution in [2.24, 2.45) is 0 Å². The van der Waals surface area contributed by atoms with Gasteiger partial charge in [-0.05, 0) is 18.2 Å². The average Bonchev–Trinajstić information content (AvgIpc) is 2.60. The van der Waals surface area contributed by atoms with Crippen LogP contribution >= 0.6 is 46.4 Å². The summed E-state index contributed by atoms with van der Waals surface area (Å²) in [5, 5.41) is 3.13. The first kappa shape index (κ1) is 19.8. The molecule has 25 heavy (non-hydrogen) atoms. The normalized spacial score (nSPS) is 10.3. The van der Waals surface area contributed by atoms with Gasteiger partial charge >= 0.3 is 0 Å². The van der Waals surface area contributed by atoms with Crippen molar-refractivity contribution in [1.82, 2.24) is 0 Å². The number of halogens is 4. The standard InChI is InChI=1S/C16H13Cl4NO4/c1-23-8-3-4-11(12(5-8)24-2)21-13(22)7-25-16-10(18)6-9(17)14(19)15(16)20/h3-6H,7H2,1-2H3,(H,21,22). The summed E-state index contributed by atoms with van der Waals surface area (Å²) in [7, 11) is 3.02. The molecule has 0 aromatic heterocycles. The molecule has 1 N–H and O–H groups in total. The lowest BCUT2D eigenvalue weighted by molar-refractivity contribution is -0.118. The van der Waals surface area contributed by atoms with Crippen molar-refractivity contribution in [3.05, 3.63) is 44.4 Å². The number of rotatable bonds is 6. The molecule has 2 aromatic carbocycles. The summed E-state index contributed by atoms with van der Waals surface area (Å²) < 4.78 is 15.7. The van der Waals surface area contributed by atoms with Gasteiger partial charge in [-0.2, -0.15) is 0 Å². The zero-order valence-electron chi connectivity index (χ0n) is 13.2. The van der Waals surface area contributed by atoms with Crippen LogP contribution in [0.2, 0.25) is 20.1 Å². The Morgan fingerprint density at radius 3 is 2.36 bits per heavy atom. The summed E-state index contributed by atoms with van der Waals surface area (Å²) in [4.78, 5) is 12.1. The minimum Gasteiger partial charge on any atom is -0.497 e. The summed E-state index contributed by atoms with van der Waals surface area (Å²) >= 11 is 23.8. The van der Waals surface area contributed by atoms with Gasteiger partial charge in [-0.25, -0.2) is 0 Å². The largest absolute Gasteiger partial charge is 0.497 e. The first-order chi connectivity index (χ1) is 11.9. The molecule has 9 heteroatoms. The topological polar surface area (TPSA) is 56.8 Å². The predicted octanol–water partition coefficient (Wildman–Crippen LogP) is 5.33. The molecule has 0 aliphatic rings. The van der Waals surface area contributed by atoms with Gasteiger partial charge in [-0.3, -0.25) is 4.79 Å². The Bertz CT molecular complexity index is 798. The van der Waals surface area contributed by atoms with Crippen molar-refractivity contribution >= 4 is 58.0 Å². The molecule has 0 bridgehead atoms. The monoisotopic (exact) mass is 423 g/mol. The van der Waals surface area contributed by atoms with Crippen LogP contribution in [0.3, 0.4) is 0 Å². The Balaban J connectivity index is 2.08. The molecular weight excluding hydrogens is 412 g/mol. The van der Waals surface area contributed by atoms with Gasteiger partial charge in [0, 0.05) is 6.07 Å². The summed E-state index contributed by atoms with van der Waals surface area (Å²) in [6, 6.07) is 6.36. The molecule has 0 saturated heterocycles. The Labute approximate surface area is 164 Å². The van der Waals surface area contributed by atoms with Gasteiger partial charge in [0.05, 0.1) is 35.0 Å². The van der Waals surface area contributed by atoms with Crippen LogP contribution in [0.15, 0.2) is 24.3 Å². The minimum atomic E-state index is -0.443. The smallest absolute Gasteiger partial charge is 0.262 e. The highest BCUT2D eigenvalue weighted by Gasteiger charge is 2.17. The number of methoxy groups -OCH3 is 2. The van der Waals surface area contributed by atoms with E-state index in [2.05, 4.69) is 5.32 Å². The van der Waals surface area contributed by atoms with E-state index in [1.54, 1.807) is 18.2 Å². The maximum absolute atomic E-state index is 12.1. The van der Waals surface area contributed by atoms with Crippen molar-refractivity contribution in [3.8, 4) is 17.2 Å². The lowest BCUT2D eigenvalue weighted by Crippen LogP contribution is -2.20. The molecule has 0 saturated carbocycles. The van der Waals surface area contributed by atoms with Crippen molar-refractivity contribution in [2.75, 3.05) is 26.1 Å². The van der Waals surface area contributed by atoms with Crippen LogP contribution in [0.25, 0.3) is 0 Å². The van der Waals surface area contributed by atoms with E-state index in [4.69, 9.17) is 60.6 Å². The molecule has 0 aliphatic carbocycles. The van der Waals surface area contributed by atoms with Crippen LogP contribution in [0.4, 0.5) is 5.69 Å². The molecule has 1 amide bonds. The SMILES string of the molecule is COc1ccc(NC(=O)COc2c(Cl)cc(Cl)c(Cl)c2Cl)c(OC)c1. The lowest BCUT2D eigenvalue weighted by atomic mass is 10.2. The van der Waals surface area contributed by atoms with Crippen LogP contribution in [0.1, 0.15) is 0 Å². The van der Waals surface area contributed by atoms with Crippen LogP contribution in [-0.4, -0.2) is 26.7 Å². The van der Waals surface area contributed by atoms with Crippen LogP contribution in [-0.2, 0) is 4.79 Å². The molecule has 0 atom stereocenters. The number of hydrogen-bond acceptors (Lipinski definition) is 4. The van der Waals surface area contributed by atoms with Crippen molar-refractivity contribution in [1.29, 1.82) is 0 Å². The van der Waals surface area contributed by atoms with E-state index in [9.17, 15) is 4.79 Å². The van der Waals surface area contributed by atoms with E-state index in [0.717, 1.165) is 0 Å². The summed E-state index contributed by atoms with van der Waals surface area (Å²) in [6.07, 6.45) is 0. The van der Waals surface area contributed by atoms with Crippen molar-refractivity contribution in [2.45, 2.75) is 0 Å².